The van der Waals surface area contributed by atoms with E-state index in [4.69, 9.17) is 0 Å². The summed E-state index contributed by atoms with van der Waals surface area (Å²) in [6, 6.07) is 57.7. The zero-order valence-electron chi connectivity index (χ0n) is 22.0. The average Bonchev–Trinajstić information content (AvgIpc) is 3.04. The SMILES string of the molecule is c1ccc(-c2cc(-c3cc4ccccc4c4ccccc34)cc3ccc(-c4ccc5ccccc5c4)cc23)cc1. The third kappa shape index (κ3) is 3.77. The van der Waals surface area contributed by atoms with E-state index in [-0.39, 0.29) is 0 Å². The molecule has 40 heavy (non-hydrogen) atoms. The Morgan fingerprint density at radius 1 is 0.225 bits per heavy atom. The quantitative estimate of drug-likeness (QED) is 0.209. The number of fused-ring (bicyclic) bond motifs is 5. The molecular weight excluding hydrogens is 480 g/mol. The summed E-state index contributed by atoms with van der Waals surface area (Å²) >= 11 is 0. The van der Waals surface area contributed by atoms with Crippen LogP contribution in [0.4, 0.5) is 0 Å². The number of hydrogen-bond acceptors (Lipinski definition) is 0. The number of rotatable bonds is 3. The van der Waals surface area contributed by atoms with Crippen LogP contribution in [0.5, 0.6) is 0 Å². The van der Waals surface area contributed by atoms with Crippen LogP contribution < -0.4 is 0 Å². The van der Waals surface area contributed by atoms with Crippen molar-refractivity contribution in [1.82, 2.24) is 0 Å². The van der Waals surface area contributed by atoms with Crippen molar-refractivity contribution in [3.05, 3.63) is 158 Å². The van der Waals surface area contributed by atoms with Gasteiger partial charge in [-0.15, -0.1) is 0 Å². The summed E-state index contributed by atoms with van der Waals surface area (Å²) < 4.78 is 0. The highest BCUT2D eigenvalue weighted by atomic mass is 14.2. The van der Waals surface area contributed by atoms with Crippen LogP contribution in [0.1, 0.15) is 0 Å². The Morgan fingerprint density at radius 3 is 1.60 bits per heavy atom. The number of hydrogen-bond donors (Lipinski definition) is 0. The van der Waals surface area contributed by atoms with Gasteiger partial charge in [-0.05, 0) is 107 Å². The lowest BCUT2D eigenvalue weighted by Crippen LogP contribution is -1.89. The van der Waals surface area contributed by atoms with Crippen molar-refractivity contribution >= 4 is 43.1 Å². The van der Waals surface area contributed by atoms with E-state index in [2.05, 4.69) is 158 Å². The predicted molar refractivity (Wildman–Crippen MR) is 173 cm³/mol. The van der Waals surface area contributed by atoms with E-state index in [0.29, 0.717) is 0 Å². The third-order valence-corrected chi connectivity index (χ3v) is 8.20. The third-order valence-electron chi connectivity index (χ3n) is 8.20. The highest BCUT2D eigenvalue weighted by Crippen LogP contribution is 2.40. The molecule has 0 amide bonds. The second-order valence-corrected chi connectivity index (χ2v) is 10.6. The Hall–Kier alpha value is -5.20. The molecule has 0 radical (unpaired) electrons. The summed E-state index contributed by atoms with van der Waals surface area (Å²) in [5, 5.41) is 10.2. The maximum absolute atomic E-state index is 2.39. The van der Waals surface area contributed by atoms with E-state index in [0.717, 1.165) is 0 Å². The van der Waals surface area contributed by atoms with Gasteiger partial charge in [0, 0.05) is 0 Å². The van der Waals surface area contributed by atoms with Gasteiger partial charge >= 0.3 is 0 Å². The fourth-order valence-corrected chi connectivity index (χ4v) is 6.21. The van der Waals surface area contributed by atoms with Crippen molar-refractivity contribution in [2.75, 3.05) is 0 Å². The van der Waals surface area contributed by atoms with E-state index in [1.165, 1.54) is 76.5 Å². The Balaban J connectivity index is 1.39. The van der Waals surface area contributed by atoms with Crippen LogP contribution in [0.3, 0.4) is 0 Å². The molecule has 0 heteroatoms. The highest BCUT2D eigenvalue weighted by molar-refractivity contribution is 6.15. The van der Waals surface area contributed by atoms with E-state index >= 15 is 0 Å². The predicted octanol–water partition coefficient (Wildman–Crippen LogP) is 11.3. The number of benzene rings is 8. The molecule has 0 saturated carbocycles. The molecule has 0 fully saturated rings. The first-order valence-electron chi connectivity index (χ1n) is 13.9. The molecule has 0 unspecified atom stereocenters. The first-order valence-corrected chi connectivity index (χ1v) is 13.9. The molecule has 0 aliphatic rings. The largest absolute Gasteiger partial charge is 0.0622 e. The molecule has 8 rings (SSSR count). The van der Waals surface area contributed by atoms with Crippen LogP contribution in [-0.4, -0.2) is 0 Å². The van der Waals surface area contributed by atoms with Gasteiger partial charge in [0.25, 0.3) is 0 Å². The van der Waals surface area contributed by atoms with Crippen molar-refractivity contribution in [3.8, 4) is 33.4 Å². The first kappa shape index (κ1) is 22.8. The lowest BCUT2D eigenvalue weighted by atomic mass is 9.88. The van der Waals surface area contributed by atoms with Gasteiger partial charge in [-0.3, -0.25) is 0 Å². The van der Waals surface area contributed by atoms with Crippen LogP contribution in [0.2, 0.25) is 0 Å². The van der Waals surface area contributed by atoms with Gasteiger partial charge in [0.2, 0.25) is 0 Å². The fraction of sp³-hybridized carbons (Fsp3) is 0. The molecule has 0 heterocycles. The molecule has 0 N–H and O–H groups in total. The summed E-state index contributed by atoms with van der Waals surface area (Å²) in [5.41, 5.74) is 7.48. The minimum atomic E-state index is 1.23. The van der Waals surface area contributed by atoms with Gasteiger partial charge in [-0.2, -0.15) is 0 Å². The molecule has 8 aromatic carbocycles. The maximum Gasteiger partial charge on any atom is -0.00986 e. The molecule has 8 aromatic rings. The van der Waals surface area contributed by atoms with Crippen LogP contribution in [0.25, 0.3) is 76.5 Å². The summed E-state index contributed by atoms with van der Waals surface area (Å²) in [6.07, 6.45) is 0. The van der Waals surface area contributed by atoms with E-state index in [1.807, 2.05) is 0 Å². The molecule has 0 aromatic heterocycles. The normalized spacial score (nSPS) is 11.5. The molecule has 0 nitrogen and oxygen atoms in total. The Bertz CT molecular complexity index is 2200. The highest BCUT2D eigenvalue weighted by Gasteiger charge is 2.13. The summed E-state index contributed by atoms with van der Waals surface area (Å²) in [5.74, 6) is 0. The van der Waals surface area contributed by atoms with Crippen LogP contribution >= 0.6 is 0 Å². The molecule has 0 spiro atoms. The van der Waals surface area contributed by atoms with Crippen LogP contribution in [0.15, 0.2) is 158 Å². The maximum atomic E-state index is 2.39. The Kier molecular flexibility index (Phi) is 5.24. The fourth-order valence-electron chi connectivity index (χ4n) is 6.21. The van der Waals surface area contributed by atoms with Crippen molar-refractivity contribution in [1.29, 1.82) is 0 Å². The summed E-state index contributed by atoms with van der Waals surface area (Å²) in [7, 11) is 0. The second kappa shape index (κ2) is 9.22. The van der Waals surface area contributed by atoms with Gasteiger partial charge in [-0.1, -0.05) is 127 Å². The topological polar surface area (TPSA) is 0 Å². The second-order valence-electron chi connectivity index (χ2n) is 10.6. The Labute approximate surface area is 233 Å². The molecule has 186 valence electrons. The Morgan fingerprint density at radius 2 is 0.775 bits per heavy atom. The first-order chi connectivity index (χ1) is 19.8. The van der Waals surface area contributed by atoms with Gasteiger partial charge in [0.1, 0.15) is 0 Å². The van der Waals surface area contributed by atoms with E-state index in [9.17, 15) is 0 Å². The summed E-state index contributed by atoms with van der Waals surface area (Å²) in [4.78, 5) is 0. The van der Waals surface area contributed by atoms with Crippen molar-refractivity contribution in [2.24, 2.45) is 0 Å². The minimum absolute atomic E-state index is 1.23. The van der Waals surface area contributed by atoms with Gasteiger partial charge in [0.05, 0.1) is 0 Å². The molecule has 0 aliphatic carbocycles. The molecular formula is C40H26. The monoisotopic (exact) mass is 506 g/mol. The molecule has 0 aliphatic heterocycles. The lowest BCUT2D eigenvalue weighted by Gasteiger charge is -2.16. The van der Waals surface area contributed by atoms with E-state index < -0.39 is 0 Å². The minimum Gasteiger partial charge on any atom is -0.0622 e. The standard InChI is InChI=1S/C40H26/c1-2-11-28(12-3-1)38-26-34(40-25-32-14-6-7-15-35(32)36-16-8-9-17-37(36)40)23-33-21-20-31(24-39(33)38)30-19-18-27-10-4-5-13-29(27)22-30/h1-26H. The van der Waals surface area contributed by atoms with E-state index in [1.54, 1.807) is 0 Å². The van der Waals surface area contributed by atoms with Crippen LogP contribution in [0, 0.1) is 0 Å². The summed E-state index contributed by atoms with van der Waals surface area (Å²) in [6.45, 7) is 0. The molecule has 0 bridgehead atoms. The zero-order valence-corrected chi connectivity index (χ0v) is 22.0. The van der Waals surface area contributed by atoms with Crippen LogP contribution in [-0.2, 0) is 0 Å². The molecule has 0 saturated heterocycles. The lowest BCUT2D eigenvalue weighted by molar-refractivity contribution is 1.63. The van der Waals surface area contributed by atoms with Crippen molar-refractivity contribution in [3.63, 3.8) is 0 Å². The van der Waals surface area contributed by atoms with Gasteiger partial charge < -0.3 is 0 Å². The van der Waals surface area contributed by atoms with Crippen molar-refractivity contribution < 1.29 is 0 Å². The smallest absolute Gasteiger partial charge is 0.00986 e. The van der Waals surface area contributed by atoms with Gasteiger partial charge in [0.15, 0.2) is 0 Å². The average molecular weight is 507 g/mol. The van der Waals surface area contributed by atoms with Crippen molar-refractivity contribution in [2.45, 2.75) is 0 Å². The zero-order chi connectivity index (χ0) is 26.5. The van der Waals surface area contributed by atoms with Gasteiger partial charge in [-0.25, -0.2) is 0 Å². The molecule has 0 atom stereocenters.